The molecule has 1 aromatic heterocycles. The number of nitrogens with one attached hydrogen (secondary N) is 1. The molecule has 2 aliphatic heterocycles. The van der Waals surface area contributed by atoms with E-state index in [4.69, 9.17) is 4.74 Å². The largest absolute Gasteiger partial charge is 0.496 e. The molecule has 5 rings (SSSR count). The van der Waals surface area contributed by atoms with E-state index in [-0.39, 0.29) is 24.1 Å². The van der Waals surface area contributed by atoms with E-state index in [9.17, 15) is 33.1 Å². The van der Waals surface area contributed by atoms with Gasteiger partial charge in [-0.05, 0) is 61.2 Å². The number of amides is 2. The molecule has 2 fully saturated rings. The van der Waals surface area contributed by atoms with Crippen molar-refractivity contribution in [1.29, 1.82) is 5.26 Å². The topological polar surface area (TPSA) is 119 Å². The molecule has 0 unspecified atom stereocenters. The third kappa shape index (κ3) is 5.80. The molecule has 1 atom stereocenters. The Hall–Kier alpha value is -4.79. The number of hydrogen-bond acceptors (Lipinski definition) is 6. The van der Waals surface area contributed by atoms with Crippen molar-refractivity contribution in [1.82, 2.24) is 15.2 Å². The van der Waals surface area contributed by atoms with E-state index < -0.39 is 23.2 Å². The van der Waals surface area contributed by atoms with Gasteiger partial charge in [0.05, 0.1) is 41.1 Å². The van der Waals surface area contributed by atoms with Gasteiger partial charge >= 0.3 is 12.3 Å². The average molecular weight is 594 g/mol. The normalized spacial score (nSPS) is 17.9. The van der Waals surface area contributed by atoms with Gasteiger partial charge in [0.25, 0.3) is 0 Å². The van der Waals surface area contributed by atoms with Gasteiger partial charge in [-0.2, -0.15) is 18.4 Å². The smallest absolute Gasteiger partial charge is 0.416 e. The van der Waals surface area contributed by atoms with Gasteiger partial charge in [-0.1, -0.05) is 18.2 Å². The molecule has 9 nitrogen and oxygen atoms in total. The molecule has 224 valence electrons. The van der Waals surface area contributed by atoms with E-state index >= 15 is 0 Å². The fraction of sp³-hybridized carbons (Fsp3) is 0.355. The summed E-state index contributed by atoms with van der Waals surface area (Å²) in [7, 11) is 1.57. The molecule has 0 bridgehead atoms. The lowest BCUT2D eigenvalue weighted by molar-refractivity contribution is -0.137. The second kappa shape index (κ2) is 11.8. The molecular formula is C31H30F3N5O4. The van der Waals surface area contributed by atoms with Crippen molar-refractivity contribution in [2.75, 3.05) is 38.2 Å². The first-order valence-electron chi connectivity index (χ1n) is 13.8. The van der Waals surface area contributed by atoms with E-state index in [1.807, 2.05) is 47.4 Å². The number of carboxylic acid groups (broad SMARTS) is 1. The summed E-state index contributed by atoms with van der Waals surface area (Å²) in [6.07, 6.45) is -2.70. The number of anilines is 1. The predicted molar refractivity (Wildman–Crippen MR) is 152 cm³/mol. The van der Waals surface area contributed by atoms with Gasteiger partial charge in [0.1, 0.15) is 11.8 Å². The molecular weight excluding hydrogens is 563 g/mol. The van der Waals surface area contributed by atoms with Crippen LogP contribution in [0.4, 0.5) is 23.7 Å². The highest BCUT2D eigenvalue weighted by Crippen LogP contribution is 2.40. The maximum absolute atomic E-state index is 13.9. The lowest BCUT2D eigenvalue weighted by Gasteiger charge is -2.43. The standard InChI is InChI=1S/C31H30F3N5O4/c1-43-27-5-3-2-4-24(27)25-8-6-22(18-36-25)30(28(40)37-19-23-10-13-39(23)29(41)42)11-14-38(15-12-30)26-9-7-21(31(32,33)34)16-20(26)17-35/h2-9,16,18,23H,10-15,19H2,1H3,(H,37,40)(H,41,42)/t23-/m0/s1. The van der Waals surface area contributed by atoms with Crippen LogP contribution in [0.15, 0.2) is 60.8 Å². The molecule has 2 amide bonds. The Bertz CT molecular complexity index is 1550. The number of nitrogens with zero attached hydrogens (tertiary/aromatic N) is 4. The summed E-state index contributed by atoms with van der Waals surface area (Å²) in [5.74, 6) is 0.376. The van der Waals surface area contributed by atoms with Crippen LogP contribution in [0, 0.1) is 11.3 Å². The Morgan fingerprint density at radius 1 is 1.14 bits per heavy atom. The van der Waals surface area contributed by atoms with Crippen molar-refractivity contribution in [3.05, 3.63) is 77.5 Å². The second-order valence-corrected chi connectivity index (χ2v) is 10.7. The highest BCUT2D eigenvalue weighted by Gasteiger charge is 2.44. The van der Waals surface area contributed by atoms with Crippen LogP contribution in [0.2, 0.25) is 0 Å². The first-order chi connectivity index (χ1) is 20.6. The Morgan fingerprint density at radius 2 is 1.88 bits per heavy atom. The van der Waals surface area contributed by atoms with E-state index in [0.29, 0.717) is 61.6 Å². The minimum Gasteiger partial charge on any atom is -0.496 e. The molecule has 0 spiro atoms. The molecule has 2 saturated heterocycles. The third-order valence-corrected chi connectivity index (χ3v) is 8.42. The molecule has 2 N–H and O–H groups in total. The van der Waals surface area contributed by atoms with Crippen LogP contribution in [-0.4, -0.2) is 66.3 Å². The van der Waals surface area contributed by atoms with E-state index in [2.05, 4.69) is 10.3 Å². The number of carbonyl (C=O) groups excluding carboxylic acids is 1. The molecule has 2 aromatic carbocycles. The zero-order valence-electron chi connectivity index (χ0n) is 23.4. The van der Waals surface area contributed by atoms with Gasteiger partial charge in [-0.25, -0.2) is 4.79 Å². The lowest BCUT2D eigenvalue weighted by Crippen LogP contribution is -2.58. The summed E-state index contributed by atoms with van der Waals surface area (Å²) in [5, 5.41) is 21.9. The fourth-order valence-corrected chi connectivity index (χ4v) is 5.83. The third-order valence-electron chi connectivity index (χ3n) is 8.42. The summed E-state index contributed by atoms with van der Waals surface area (Å²) >= 11 is 0. The van der Waals surface area contributed by atoms with Gasteiger partial charge in [-0.3, -0.25) is 9.78 Å². The van der Waals surface area contributed by atoms with Crippen molar-refractivity contribution in [3.63, 3.8) is 0 Å². The summed E-state index contributed by atoms with van der Waals surface area (Å²) in [6, 6.07) is 15.8. The van der Waals surface area contributed by atoms with Crippen molar-refractivity contribution in [3.8, 4) is 23.1 Å². The number of halogens is 3. The Morgan fingerprint density at radius 3 is 2.47 bits per heavy atom. The second-order valence-electron chi connectivity index (χ2n) is 10.7. The first-order valence-corrected chi connectivity index (χ1v) is 13.8. The number of piperidine rings is 1. The summed E-state index contributed by atoms with van der Waals surface area (Å²) in [6.45, 7) is 1.18. The number of alkyl halides is 3. The van der Waals surface area contributed by atoms with Crippen LogP contribution in [0.3, 0.4) is 0 Å². The molecule has 43 heavy (non-hydrogen) atoms. The van der Waals surface area contributed by atoms with Crippen molar-refractivity contribution in [2.45, 2.75) is 36.9 Å². The minimum atomic E-state index is -4.57. The van der Waals surface area contributed by atoms with Gasteiger partial charge < -0.3 is 25.0 Å². The number of carbonyl (C=O) groups is 2. The number of pyridine rings is 1. The number of ether oxygens (including phenoxy) is 1. The molecule has 12 heteroatoms. The van der Waals surface area contributed by atoms with Crippen LogP contribution >= 0.6 is 0 Å². The van der Waals surface area contributed by atoms with Gasteiger partial charge in [0, 0.05) is 37.9 Å². The maximum atomic E-state index is 13.9. The Labute approximate surface area is 246 Å². The fourth-order valence-electron chi connectivity index (χ4n) is 5.83. The van der Waals surface area contributed by atoms with Crippen LogP contribution in [0.25, 0.3) is 11.3 Å². The summed E-state index contributed by atoms with van der Waals surface area (Å²) in [4.78, 5) is 33.1. The van der Waals surface area contributed by atoms with Crippen LogP contribution in [-0.2, 0) is 16.4 Å². The van der Waals surface area contributed by atoms with E-state index in [0.717, 1.165) is 17.7 Å². The van der Waals surface area contributed by atoms with Crippen LogP contribution < -0.4 is 15.0 Å². The number of hydrogen-bond donors (Lipinski definition) is 2. The zero-order valence-corrected chi connectivity index (χ0v) is 23.4. The van der Waals surface area contributed by atoms with Crippen molar-refractivity contribution in [2.24, 2.45) is 0 Å². The number of rotatable bonds is 7. The van der Waals surface area contributed by atoms with Gasteiger partial charge in [0.15, 0.2) is 0 Å². The average Bonchev–Trinajstić information content (AvgIpc) is 2.99. The summed E-state index contributed by atoms with van der Waals surface area (Å²) in [5.41, 5.74) is 0.471. The predicted octanol–water partition coefficient (Wildman–Crippen LogP) is 5.05. The monoisotopic (exact) mass is 593 g/mol. The highest BCUT2D eigenvalue weighted by atomic mass is 19.4. The molecule has 0 radical (unpaired) electrons. The highest BCUT2D eigenvalue weighted by molar-refractivity contribution is 5.89. The maximum Gasteiger partial charge on any atom is 0.416 e. The number of methoxy groups -OCH3 is 1. The van der Waals surface area contributed by atoms with Gasteiger partial charge in [0.2, 0.25) is 5.91 Å². The Kier molecular flexibility index (Phi) is 8.17. The number of likely N-dealkylation sites (tertiary alicyclic amines) is 1. The first kappa shape index (κ1) is 29.7. The van der Waals surface area contributed by atoms with E-state index in [1.54, 1.807) is 13.3 Å². The molecule has 0 aliphatic carbocycles. The Balaban J connectivity index is 1.42. The molecule has 0 saturated carbocycles. The van der Waals surface area contributed by atoms with Crippen molar-refractivity contribution >= 4 is 17.7 Å². The minimum absolute atomic E-state index is 0.0895. The number of aromatic nitrogens is 1. The van der Waals surface area contributed by atoms with Gasteiger partial charge in [-0.15, -0.1) is 0 Å². The van der Waals surface area contributed by atoms with Crippen LogP contribution in [0.5, 0.6) is 5.75 Å². The zero-order chi connectivity index (χ0) is 30.8. The van der Waals surface area contributed by atoms with Crippen LogP contribution in [0.1, 0.15) is 36.0 Å². The molecule has 2 aliphatic rings. The van der Waals surface area contributed by atoms with Crippen molar-refractivity contribution < 1.29 is 32.6 Å². The summed E-state index contributed by atoms with van der Waals surface area (Å²) < 4.78 is 45.2. The number of benzene rings is 2. The number of para-hydroxylation sites is 1. The molecule has 3 aromatic rings. The SMILES string of the molecule is COc1ccccc1-c1ccc(C2(C(=O)NC[C@@H]3CCN3C(=O)O)CCN(c3ccc(C(F)(F)F)cc3C#N)CC2)cn1. The lowest BCUT2D eigenvalue weighted by atomic mass is 9.72. The number of nitriles is 1. The molecule has 3 heterocycles. The quantitative estimate of drug-likeness (QED) is 0.393. The van der Waals surface area contributed by atoms with E-state index in [1.165, 1.54) is 11.0 Å².